The van der Waals surface area contributed by atoms with Gasteiger partial charge in [-0.25, -0.2) is 0 Å². The van der Waals surface area contributed by atoms with E-state index in [4.69, 9.17) is 0 Å². The van der Waals surface area contributed by atoms with E-state index in [1.165, 1.54) is 12.0 Å². The standard InChI is InChI=1S/C14H25N3O/c1-4-11(2)16-5-7-17(8-6-16)14(18)12(3)13-9-15-10-13/h11,15H,4-10H2,1-3H3. The van der Waals surface area contributed by atoms with E-state index in [2.05, 4.69) is 24.1 Å². The lowest BCUT2D eigenvalue weighted by molar-refractivity contribution is -0.129. The zero-order valence-corrected chi connectivity index (χ0v) is 11.8. The fourth-order valence-electron chi connectivity index (χ4n) is 2.53. The molecule has 102 valence electrons. The number of nitrogens with one attached hydrogen (secondary N) is 1. The molecule has 4 heteroatoms. The summed E-state index contributed by atoms with van der Waals surface area (Å²) in [4.78, 5) is 16.8. The van der Waals surface area contributed by atoms with Crippen LogP contribution in [0.2, 0.25) is 0 Å². The van der Waals surface area contributed by atoms with Crippen LogP contribution >= 0.6 is 0 Å². The lowest BCUT2D eigenvalue weighted by Crippen LogP contribution is -2.51. The Morgan fingerprint density at radius 1 is 1.28 bits per heavy atom. The molecule has 0 bridgehead atoms. The molecule has 0 radical (unpaired) electrons. The molecule has 0 aromatic rings. The molecule has 0 aromatic heterocycles. The number of nitrogens with zero attached hydrogens (tertiary/aromatic N) is 2. The fourth-order valence-corrected chi connectivity index (χ4v) is 2.53. The number of hydrogen-bond donors (Lipinski definition) is 1. The van der Waals surface area contributed by atoms with E-state index < -0.39 is 0 Å². The third-order valence-corrected chi connectivity index (χ3v) is 4.34. The van der Waals surface area contributed by atoms with Crippen LogP contribution < -0.4 is 5.32 Å². The monoisotopic (exact) mass is 251 g/mol. The topological polar surface area (TPSA) is 35.6 Å². The molecule has 1 N–H and O–H groups in total. The summed E-state index contributed by atoms with van der Waals surface area (Å²) < 4.78 is 0. The summed E-state index contributed by atoms with van der Waals surface area (Å²) in [7, 11) is 0. The highest BCUT2D eigenvalue weighted by atomic mass is 16.2. The molecule has 4 nitrogen and oxygen atoms in total. The maximum atomic E-state index is 12.3. The van der Waals surface area contributed by atoms with Crippen LogP contribution in [-0.4, -0.2) is 61.0 Å². The van der Waals surface area contributed by atoms with Crippen molar-refractivity contribution < 1.29 is 4.79 Å². The van der Waals surface area contributed by atoms with Crippen LogP contribution in [0.4, 0.5) is 0 Å². The van der Waals surface area contributed by atoms with Crippen molar-refractivity contribution in [2.75, 3.05) is 39.3 Å². The first-order chi connectivity index (χ1) is 8.63. The molecule has 0 aromatic carbocycles. The number of carbonyl (C=O) groups is 1. The van der Waals surface area contributed by atoms with Crippen LogP contribution in [0.3, 0.4) is 0 Å². The Balaban J connectivity index is 1.88. The zero-order valence-electron chi connectivity index (χ0n) is 11.8. The molecular formula is C14H25N3O. The van der Waals surface area contributed by atoms with E-state index in [1.54, 1.807) is 0 Å². The first-order valence-electron chi connectivity index (χ1n) is 7.06. The smallest absolute Gasteiger partial charge is 0.249 e. The maximum Gasteiger partial charge on any atom is 0.249 e. The fraction of sp³-hybridized carbons (Fsp3) is 0.786. The second-order valence-corrected chi connectivity index (χ2v) is 5.42. The van der Waals surface area contributed by atoms with E-state index in [-0.39, 0.29) is 5.91 Å². The maximum absolute atomic E-state index is 12.3. The van der Waals surface area contributed by atoms with E-state index in [0.717, 1.165) is 44.8 Å². The first kappa shape index (κ1) is 13.6. The Bertz CT molecular complexity index is 337. The highest BCUT2D eigenvalue weighted by molar-refractivity contribution is 5.94. The van der Waals surface area contributed by atoms with Crippen LogP contribution in [0.15, 0.2) is 11.1 Å². The Hall–Kier alpha value is -0.870. The van der Waals surface area contributed by atoms with Crippen molar-refractivity contribution in [3.8, 4) is 0 Å². The molecule has 0 aliphatic carbocycles. The van der Waals surface area contributed by atoms with Crippen molar-refractivity contribution in [2.24, 2.45) is 0 Å². The van der Waals surface area contributed by atoms with E-state index in [1.807, 2.05) is 11.8 Å². The van der Waals surface area contributed by atoms with Gasteiger partial charge in [0.05, 0.1) is 0 Å². The number of amides is 1. The highest BCUT2D eigenvalue weighted by Crippen LogP contribution is 2.15. The van der Waals surface area contributed by atoms with Gasteiger partial charge in [0, 0.05) is 50.9 Å². The average Bonchev–Trinajstić information content (AvgIpc) is 2.35. The number of rotatable bonds is 3. The number of hydrogen-bond acceptors (Lipinski definition) is 3. The quantitative estimate of drug-likeness (QED) is 0.755. The molecule has 2 fully saturated rings. The summed E-state index contributed by atoms with van der Waals surface area (Å²) in [6.45, 7) is 12.0. The van der Waals surface area contributed by atoms with Crippen molar-refractivity contribution in [3.05, 3.63) is 11.1 Å². The molecule has 1 amide bonds. The van der Waals surface area contributed by atoms with Gasteiger partial charge in [-0.05, 0) is 25.8 Å². The molecule has 2 saturated heterocycles. The number of piperazine rings is 1. The van der Waals surface area contributed by atoms with Crippen molar-refractivity contribution in [1.82, 2.24) is 15.1 Å². The molecule has 1 unspecified atom stereocenters. The molecule has 2 rings (SSSR count). The van der Waals surface area contributed by atoms with Crippen LogP contribution in [-0.2, 0) is 4.79 Å². The summed E-state index contributed by atoms with van der Waals surface area (Å²) in [5.74, 6) is 0.246. The van der Waals surface area contributed by atoms with E-state index in [0.29, 0.717) is 6.04 Å². The SMILES string of the molecule is CCC(C)N1CCN(C(=O)C(C)=C2CNC2)CC1. The van der Waals surface area contributed by atoms with Crippen molar-refractivity contribution >= 4 is 5.91 Å². The molecule has 1 atom stereocenters. The van der Waals surface area contributed by atoms with Crippen LogP contribution in [0.5, 0.6) is 0 Å². The van der Waals surface area contributed by atoms with Gasteiger partial charge in [0.15, 0.2) is 0 Å². The average molecular weight is 251 g/mol. The van der Waals surface area contributed by atoms with Gasteiger partial charge < -0.3 is 10.2 Å². The van der Waals surface area contributed by atoms with Gasteiger partial charge >= 0.3 is 0 Å². The highest BCUT2D eigenvalue weighted by Gasteiger charge is 2.25. The zero-order chi connectivity index (χ0) is 13.1. The molecule has 2 aliphatic rings. The lowest BCUT2D eigenvalue weighted by Gasteiger charge is -2.38. The minimum Gasteiger partial charge on any atom is -0.336 e. The van der Waals surface area contributed by atoms with E-state index >= 15 is 0 Å². The molecule has 0 spiro atoms. The minimum atomic E-state index is 0.246. The Kier molecular flexibility index (Phi) is 4.40. The summed E-state index contributed by atoms with van der Waals surface area (Å²) in [5, 5.41) is 3.19. The van der Waals surface area contributed by atoms with Gasteiger partial charge in [-0.3, -0.25) is 9.69 Å². The third kappa shape index (κ3) is 2.75. The van der Waals surface area contributed by atoms with Crippen molar-refractivity contribution in [3.63, 3.8) is 0 Å². The normalized spacial score (nSPS) is 22.6. The Morgan fingerprint density at radius 2 is 1.89 bits per heavy atom. The Morgan fingerprint density at radius 3 is 2.33 bits per heavy atom. The predicted molar refractivity (Wildman–Crippen MR) is 73.5 cm³/mol. The summed E-state index contributed by atoms with van der Waals surface area (Å²) in [6, 6.07) is 0.637. The summed E-state index contributed by atoms with van der Waals surface area (Å²) in [6.07, 6.45) is 1.18. The molecular weight excluding hydrogens is 226 g/mol. The van der Waals surface area contributed by atoms with Crippen molar-refractivity contribution in [1.29, 1.82) is 0 Å². The van der Waals surface area contributed by atoms with Gasteiger partial charge in [0.1, 0.15) is 0 Å². The molecule has 2 heterocycles. The summed E-state index contributed by atoms with van der Waals surface area (Å²) >= 11 is 0. The first-order valence-corrected chi connectivity index (χ1v) is 7.06. The second kappa shape index (κ2) is 5.85. The largest absolute Gasteiger partial charge is 0.336 e. The minimum absolute atomic E-state index is 0.246. The Labute approximate surface area is 110 Å². The van der Waals surface area contributed by atoms with Gasteiger partial charge in [0.25, 0.3) is 0 Å². The van der Waals surface area contributed by atoms with Gasteiger partial charge in [-0.1, -0.05) is 6.92 Å². The van der Waals surface area contributed by atoms with Crippen LogP contribution in [0.25, 0.3) is 0 Å². The third-order valence-electron chi connectivity index (χ3n) is 4.34. The molecule has 0 saturated carbocycles. The van der Waals surface area contributed by atoms with Crippen LogP contribution in [0, 0.1) is 0 Å². The van der Waals surface area contributed by atoms with Crippen molar-refractivity contribution in [2.45, 2.75) is 33.2 Å². The molecule has 2 aliphatic heterocycles. The lowest BCUT2D eigenvalue weighted by atomic mass is 10.0. The summed E-state index contributed by atoms with van der Waals surface area (Å²) in [5.41, 5.74) is 2.25. The van der Waals surface area contributed by atoms with E-state index in [9.17, 15) is 4.79 Å². The van der Waals surface area contributed by atoms with Gasteiger partial charge in [-0.15, -0.1) is 0 Å². The van der Waals surface area contributed by atoms with Crippen LogP contribution in [0.1, 0.15) is 27.2 Å². The number of carbonyl (C=O) groups excluding carboxylic acids is 1. The van der Waals surface area contributed by atoms with Gasteiger partial charge in [-0.2, -0.15) is 0 Å². The molecule has 18 heavy (non-hydrogen) atoms. The second-order valence-electron chi connectivity index (χ2n) is 5.42. The van der Waals surface area contributed by atoms with Gasteiger partial charge in [0.2, 0.25) is 5.91 Å². The predicted octanol–water partition coefficient (Wildman–Crippen LogP) is 0.849.